The molecule has 2 aromatic rings. The van der Waals surface area contributed by atoms with Gasteiger partial charge in [0.1, 0.15) is 28.6 Å². The van der Waals surface area contributed by atoms with Gasteiger partial charge in [0, 0.05) is 32.5 Å². The van der Waals surface area contributed by atoms with Crippen LogP contribution in [0.4, 0.5) is 38.0 Å². The number of hydrazone groups is 1. The van der Waals surface area contributed by atoms with Gasteiger partial charge in [0.05, 0.1) is 11.6 Å². The number of aliphatic imine (C=N–C) groups is 1. The maximum atomic E-state index is 14.2. The number of anilines is 2. The highest BCUT2D eigenvalue weighted by Gasteiger charge is 2.58. The quantitative estimate of drug-likeness (QED) is 0.553. The van der Waals surface area contributed by atoms with Gasteiger partial charge in [-0.05, 0) is 20.8 Å². The summed E-state index contributed by atoms with van der Waals surface area (Å²) in [6, 6.07) is 0. The average Bonchev–Trinajstić information content (AvgIpc) is 3.31. The van der Waals surface area contributed by atoms with Crippen molar-refractivity contribution in [3.63, 3.8) is 0 Å². The van der Waals surface area contributed by atoms with E-state index in [9.17, 15) is 26.3 Å². The van der Waals surface area contributed by atoms with Crippen LogP contribution in [0.1, 0.15) is 39.4 Å². The van der Waals surface area contributed by atoms with Crippen LogP contribution in [0.3, 0.4) is 0 Å². The number of rotatable bonds is 7. The number of amidine groups is 1. The summed E-state index contributed by atoms with van der Waals surface area (Å²) in [6.45, 7) is 5.89. The summed E-state index contributed by atoms with van der Waals surface area (Å²) >= 11 is 0. The molecule has 4 heterocycles. The zero-order valence-electron chi connectivity index (χ0n) is 19.1. The number of hydrogen-bond donors (Lipinski definition) is 2. The molecule has 2 aliphatic heterocycles. The van der Waals surface area contributed by atoms with Crippen molar-refractivity contribution in [2.75, 3.05) is 30.3 Å². The van der Waals surface area contributed by atoms with Crippen molar-refractivity contribution >= 4 is 34.2 Å². The molecular weight excluding hydrogens is 480 g/mol. The summed E-state index contributed by atoms with van der Waals surface area (Å²) in [4.78, 5) is 14.6. The molecule has 190 valence electrons. The first-order chi connectivity index (χ1) is 16.3. The zero-order chi connectivity index (χ0) is 25.8. The lowest BCUT2D eigenvalue weighted by Crippen LogP contribution is -2.43. The molecule has 1 atom stereocenters. The van der Waals surface area contributed by atoms with Crippen molar-refractivity contribution in [1.82, 2.24) is 25.2 Å². The number of H-pyrrole nitrogens is 1. The Hall–Kier alpha value is -3.39. The first kappa shape index (κ1) is 24.7. The molecule has 0 aliphatic carbocycles. The van der Waals surface area contributed by atoms with E-state index in [-0.39, 0.29) is 35.3 Å². The van der Waals surface area contributed by atoms with Crippen LogP contribution >= 0.6 is 0 Å². The monoisotopic (exact) mass is 503 g/mol. The number of aromatic nitrogens is 4. The van der Waals surface area contributed by atoms with Crippen molar-refractivity contribution in [2.24, 2.45) is 15.5 Å². The summed E-state index contributed by atoms with van der Waals surface area (Å²) in [5.74, 6) is -4.99. The average molecular weight is 503 g/mol. The number of allylic oxidation sites excluding steroid dienone is 1. The lowest BCUT2D eigenvalue weighted by Gasteiger charge is -2.30. The Labute approximate surface area is 195 Å². The minimum absolute atomic E-state index is 0.0163. The van der Waals surface area contributed by atoms with Crippen LogP contribution in [0.5, 0.6) is 0 Å². The summed E-state index contributed by atoms with van der Waals surface area (Å²) in [7, 11) is 0. The number of nitrogen functional groups attached to an aromatic ring is 1. The van der Waals surface area contributed by atoms with Gasteiger partial charge in [-0.2, -0.15) is 32.2 Å². The number of hydrogen-bond acceptors (Lipinski definition) is 8. The van der Waals surface area contributed by atoms with E-state index in [0.29, 0.717) is 24.3 Å². The standard InChI is InChI=1S/C20H23F6N9/c1-4-34(5-2)16-11-13(27)29-15(30-14(11)31-32-16)12-18(3)8-10(21)9-28-17(18)35(33-12)7-6-19(22,23)20(24,25)26/h9H,4-8H2,1-3H3,(H3,27,29,30,31,32). The normalized spacial score (nSPS) is 20.6. The SMILES string of the molecule is CCN(CC)c1n[nH]c2nc(C3=NN(CCC(F)(F)C(F)(F)F)C4=NC=C(F)CC34C)nc(N)c12. The van der Waals surface area contributed by atoms with Gasteiger partial charge in [-0.3, -0.25) is 10.1 Å². The highest BCUT2D eigenvalue weighted by Crippen LogP contribution is 2.43. The van der Waals surface area contributed by atoms with E-state index >= 15 is 0 Å². The molecule has 0 spiro atoms. The predicted octanol–water partition coefficient (Wildman–Crippen LogP) is 4.01. The summed E-state index contributed by atoms with van der Waals surface area (Å²) in [6.07, 6.45) is -6.65. The Morgan fingerprint density at radius 1 is 1.17 bits per heavy atom. The number of aromatic amines is 1. The number of halogens is 6. The van der Waals surface area contributed by atoms with Crippen LogP contribution in [0.2, 0.25) is 0 Å². The van der Waals surface area contributed by atoms with Crippen LogP contribution in [-0.2, 0) is 0 Å². The maximum Gasteiger partial charge on any atom is 0.453 e. The number of nitrogens with two attached hydrogens (primary N) is 1. The van der Waals surface area contributed by atoms with Crippen LogP contribution in [0.15, 0.2) is 22.1 Å². The van der Waals surface area contributed by atoms with E-state index in [1.165, 1.54) is 6.92 Å². The number of alkyl halides is 5. The lowest BCUT2D eigenvalue weighted by molar-refractivity contribution is -0.284. The highest BCUT2D eigenvalue weighted by molar-refractivity contribution is 6.20. The predicted molar refractivity (Wildman–Crippen MR) is 118 cm³/mol. The van der Waals surface area contributed by atoms with Gasteiger partial charge >= 0.3 is 12.1 Å². The van der Waals surface area contributed by atoms with E-state index < -0.39 is 36.3 Å². The van der Waals surface area contributed by atoms with Crippen LogP contribution in [0.25, 0.3) is 11.0 Å². The first-order valence-electron chi connectivity index (χ1n) is 10.8. The second kappa shape index (κ2) is 8.37. The second-order valence-electron chi connectivity index (χ2n) is 8.44. The third-order valence-corrected chi connectivity index (χ3v) is 6.09. The van der Waals surface area contributed by atoms with Gasteiger partial charge in [0.2, 0.25) is 0 Å². The summed E-state index contributed by atoms with van der Waals surface area (Å²) < 4.78 is 79.4. The van der Waals surface area contributed by atoms with Crippen LogP contribution < -0.4 is 10.6 Å². The molecule has 2 aromatic heterocycles. The molecule has 35 heavy (non-hydrogen) atoms. The molecule has 2 aliphatic rings. The van der Waals surface area contributed by atoms with Gasteiger partial charge in [0.15, 0.2) is 17.3 Å². The molecule has 0 bridgehead atoms. The number of nitrogens with zero attached hydrogens (tertiary/aromatic N) is 7. The van der Waals surface area contributed by atoms with Gasteiger partial charge in [0.25, 0.3) is 0 Å². The Balaban J connectivity index is 1.76. The van der Waals surface area contributed by atoms with Crippen molar-refractivity contribution in [3.8, 4) is 0 Å². The molecule has 0 saturated heterocycles. The summed E-state index contributed by atoms with van der Waals surface area (Å²) in [5.41, 5.74) is 5.21. The van der Waals surface area contributed by atoms with Gasteiger partial charge in [-0.25, -0.2) is 19.4 Å². The number of nitrogens with one attached hydrogen (secondary N) is 1. The topological polar surface area (TPSA) is 112 Å². The molecule has 0 fully saturated rings. The molecule has 0 saturated carbocycles. The largest absolute Gasteiger partial charge is 0.453 e. The minimum Gasteiger partial charge on any atom is -0.383 e. The Morgan fingerprint density at radius 2 is 1.86 bits per heavy atom. The molecule has 4 rings (SSSR count). The molecule has 15 heteroatoms. The Kier molecular flexibility index (Phi) is 5.92. The molecule has 9 nitrogen and oxygen atoms in total. The van der Waals surface area contributed by atoms with E-state index in [2.05, 4.69) is 30.3 Å². The van der Waals surface area contributed by atoms with Gasteiger partial charge in [-0.15, -0.1) is 0 Å². The Morgan fingerprint density at radius 3 is 2.49 bits per heavy atom. The molecule has 1 unspecified atom stereocenters. The molecular formula is C20H23F6N9. The van der Waals surface area contributed by atoms with Crippen molar-refractivity contribution in [3.05, 3.63) is 17.9 Å². The van der Waals surface area contributed by atoms with Crippen LogP contribution in [-0.4, -0.2) is 68.5 Å². The third-order valence-electron chi connectivity index (χ3n) is 6.09. The zero-order valence-corrected chi connectivity index (χ0v) is 19.1. The smallest absolute Gasteiger partial charge is 0.383 e. The Bertz CT molecular complexity index is 1230. The van der Waals surface area contributed by atoms with Crippen LogP contribution in [0, 0.1) is 5.41 Å². The maximum absolute atomic E-state index is 14.2. The number of fused-ring (bicyclic) bond motifs is 2. The fourth-order valence-electron chi connectivity index (χ4n) is 4.19. The van der Waals surface area contributed by atoms with Gasteiger partial charge < -0.3 is 10.6 Å². The molecule has 3 N–H and O–H groups in total. The summed E-state index contributed by atoms with van der Waals surface area (Å²) in [5, 5.41) is 12.6. The van der Waals surface area contributed by atoms with Crippen molar-refractivity contribution in [2.45, 2.75) is 45.7 Å². The van der Waals surface area contributed by atoms with Crippen molar-refractivity contribution in [1.29, 1.82) is 0 Å². The van der Waals surface area contributed by atoms with E-state index in [1.54, 1.807) is 0 Å². The molecule has 0 radical (unpaired) electrons. The third kappa shape index (κ3) is 4.05. The first-order valence-corrected chi connectivity index (χ1v) is 10.8. The van der Waals surface area contributed by atoms with E-state index in [0.717, 1.165) is 11.2 Å². The minimum atomic E-state index is -5.71. The van der Waals surface area contributed by atoms with Gasteiger partial charge in [-0.1, -0.05) is 0 Å². The second-order valence-corrected chi connectivity index (χ2v) is 8.44. The van der Waals surface area contributed by atoms with E-state index in [4.69, 9.17) is 5.73 Å². The molecule has 0 aromatic carbocycles. The fourth-order valence-corrected chi connectivity index (χ4v) is 4.19. The van der Waals surface area contributed by atoms with Crippen molar-refractivity contribution < 1.29 is 26.3 Å². The van der Waals surface area contributed by atoms with E-state index in [1.807, 2.05) is 18.7 Å². The molecule has 0 amide bonds. The fraction of sp³-hybridized carbons (Fsp3) is 0.550. The highest BCUT2D eigenvalue weighted by atomic mass is 19.4. The lowest BCUT2D eigenvalue weighted by atomic mass is 9.79.